The Bertz CT molecular complexity index is 384. The van der Waals surface area contributed by atoms with Crippen LogP contribution in [0.25, 0.3) is 0 Å². The van der Waals surface area contributed by atoms with Crippen LogP contribution in [0.15, 0.2) is 30.3 Å². The monoisotopic (exact) mass is 270 g/mol. The molecule has 0 amide bonds. The van der Waals surface area contributed by atoms with E-state index in [1.54, 1.807) is 0 Å². The molecule has 106 valence electrons. The first-order valence-corrected chi connectivity index (χ1v) is 6.09. The number of ether oxygens (including phenoxy) is 2. The molecular formula is C13H18O6. The van der Waals surface area contributed by atoms with E-state index in [4.69, 9.17) is 14.6 Å². The van der Waals surface area contributed by atoms with Crippen LogP contribution in [0.2, 0.25) is 0 Å². The molecule has 5 atom stereocenters. The van der Waals surface area contributed by atoms with Crippen LogP contribution < -0.4 is 0 Å². The molecule has 1 aliphatic rings. The van der Waals surface area contributed by atoms with Crippen molar-refractivity contribution < 1.29 is 29.9 Å². The number of hydrogen-bond donors (Lipinski definition) is 4. The van der Waals surface area contributed by atoms with Gasteiger partial charge in [-0.25, -0.2) is 0 Å². The average molecular weight is 270 g/mol. The van der Waals surface area contributed by atoms with Gasteiger partial charge in [-0.1, -0.05) is 30.3 Å². The van der Waals surface area contributed by atoms with Crippen LogP contribution in [-0.4, -0.2) is 57.7 Å². The molecule has 4 N–H and O–H groups in total. The Morgan fingerprint density at radius 3 is 2.37 bits per heavy atom. The highest BCUT2D eigenvalue weighted by atomic mass is 16.7. The van der Waals surface area contributed by atoms with E-state index in [1.807, 2.05) is 30.3 Å². The van der Waals surface area contributed by atoms with Crippen LogP contribution in [0.1, 0.15) is 5.56 Å². The molecule has 1 fully saturated rings. The van der Waals surface area contributed by atoms with E-state index in [0.717, 1.165) is 5.56 Å². The predicted octanol–water partition coefficient (Wildman–Crippen LogP) is -0.997. The second kappa shape index (κ2) is 6.42. The molecule has 0 saturated carbocycles. The topological polar surface area (TPSA) is 99.4 Å². The zero-order valence-corrected chi connectivity index (χ0v) is 10.3. The lowest BCUT2D eigenvalue weighted by atomic mass is 9.99. The molecule has 1 aromatic carbocycles. The second-order valence-corrected chi connectivity index (χ2v) is 4.49. The minimum Gasteiger partial charge on any atom is -0.394 e. The van der Waals surface area contributed by atoms with Crippen molar-refractivity contribution in [2.24, 2.45) is 0 Å². The quantitative estimate of drug-likeness (QED) is 0.560. The maximum Gasteiger partial charge on any atom is 0.184 e. The highest BCUT2D eigenvalue weighted by Crippen LogP contribution is 2.23. The van der Waals surface area contributed by atoms with Crippen LogP contribution in [0.4, 0.5) is 0 Å². The Hall–Kier alpha value is -1.02. The third kappa shape index (κ3) is 3.30. The summed E-state index contributed by atoms with van der Waals surface area (Å²) in [5, 5.41) is 38.2. The van der Waals surface area contributed by atoms with Crippen LogP contribution in [0, 0.1) is 0 Å². The maximum atomic E-state index is 9.86. The highest BCUT2D eigenvalue weighted by Gasteiger charge is 2.44. The molecule has 0 radical (unpaired) electrons. The minimum atomic E-state index is -1.39. The van der Waals surface area contributed by atoms with Gasteiger partial charge >= 0.3 is 0 Å². The number of aliphatic hydroxyl groups excluding tert-OH is 4. The summed E-state index contributed by atoms with van der Waals surface area (Å²) in [6.45, 7) is -0.305. The third-order valence-corrected chi connectivity index (χ3v) is 3.13. The van der Waals surface area contributed by atoms with Gasteiger partial charge in [-0.3, -0.25) is 0 Å². The van der Waals surface area contributed by atoms with Gasteiger partial charge < -0.3 is 29.9 Å². The number of rotatable bonds is 4. The summed E-state index contributed by atoms with van der Waals surface area (Å²) in [7, 11) is 0. The molecule has 1 saturated heterocycles. The zero-order chi connectivity index (χ0) is 13.8. The van der Waals surface area contributed by atoms with Gasteiger partial charge in [0.15, 0.2) is 6.29 Å². The molecule has 0 aromatic heterocycles. The van der Waals surface area contributed by atoms with E-state index in [1.165, 1.54) is 0 Å². The summed E-state index contributed by atoms with van der Waals surface area (Å²) in [4.78, 5) is 0. The fourth-order valence-corrected chi connectivity index (χ4v) is 2.02. The first kappa shape index (κ1) is 14.4. The van der Waals surface area contributed by atoms with Crippen molar-refractivity contribution in [2.45, 2.75) is 37.3 Å². The molecule has 19 heavy (non-hydrogen) atoms. The number of benzene rings is 1. The predicted molar refractivity (Wildman–Crippen MR) is 65.0 cm³/mol. The Labute approximate surface area is 110 Å². The van der Waals surface area contributed by atoms with Crippen LogP contribution in [0.5, 0.6) is 0 Å². The Kier molecular flexibility index (Phi) is 4.87. The Balaban J connectivity index is 1.96. The molecule has 0 aliphatic carbocycles. The lowest BCUT2D eigenvalue weighted by Crippen LogP contribution is -2.59. The van der Waals surface area contributed by atoms with Crippen molar-refractivity contribution in [1.82, 2.24) is 0 Å². The van der Waals surface area contributed by atoms with E-state index >= 15 is 0 Å². The molecule has 0 spiro atoms. The fourth-order valence-electron chi connectivity index (χ4n) is 2.02. The van der Waals surface area contributed by atoms with Crippen molar-refractivity contribution in [3.63, 3.8) is 0 Å². The first-order chi connectivity index (χ1) is 9.13. The highest BCUT2D eigenvalue weighted by molar-refractivity contribution is 5.13. The van der Waals surface area contributed by atoms with Crippen molar-refractivity contribution in [1.29, 1.82) is 0 Å². The summed E-state index contributed by atoms with van der Waals surface area (Å²) in [5.41, 5.74) is 0.876. The van der Waals surface area contributed by atoms with Crippen molar-refractivity contribution in [3.8, 4) is 0 Å². The van der Waals surface area contributed by atoms with Crippen molar-refractivity contribution in [2.75, 3.05) is 6.61 Å². The molecule has 0 bridgehead atoms. The zero-order valence-electron chi connectivity index (χ0n) is 10.3. The molecule has 1 aromatic rings. The van der Waals surface area contributed by atoms with Gasteiger partial charge in [0, 0.05) is 0 Å². The van der Waals surface area contributed by atoms with E-state index < -0.39 is 37.3 Å². The van der Waals surface area contributed by atoms with Crippen molar-refractivity contribution in [3.05, 3.63) is 35.9 Å². The van der Waals surface area contributed by atoms with E-state index in [0.29, 0.717) is 0 Å². The van der Waals surface area contributed by atoms with Crippen LogP contribution in [0.3, 0.4) is 0 Å². The van der Waals surface area contributed by atoms with Crippen LogP contribution >= 0.6 is 0 Å². The largest absolute Gasteiger partial charge is 0.394 e. The first-order valence-electron chi connectivity index (χ1n) is 6.09. The smallest absolute Gasteiger partial charge is 0.184 e. The molecule has 1 unspecified atom stereocenters. The lowest BCUT2D eigenvalue weighted by Gasteiger charge is -2.39. The summed E-state index contributed by atoms with van der Waals surface area (Å²) < 4.78 is 10.4. The minimum absolute atomic E-state index is 0.180. The van der Waals surface area contributed by atoms with Gasteiger partial charge in [-0.15, -0.1) is 0 Å². The maximum absolute atomic E-state index is 9.86. The summed E-state index contributed by atoms with van der Waals surface area (Å²) in [6, 6.07) is 9.25. The van der Waals surface area contributed by atoms with Gasteiger partial charge in [0.2, 0.25) is 0 Å². The molecule has 6 heteroatoms. The van der Waals surface area contributed by atoms with E-state index in [9.17, 15) is 15.3 Å². The lowest BCUT2D eigenvalue weighted by molar-refractivity contribution is -0.298. The molecule has 1 heterocycles. The fraction of sp³-hybridized carbons (Fsp3) is 0.538. The third-order valence-electron chi connectivity index (χ3n) is 3.13. The summed E-state index contributed by atoms with van der Waals surface area (Å²) >= 11 is 0. The van der Waals surface area contributed by atoms with Gasteiger partial charge in [-0.2, -0.15) is 0 Å². The summed E-state index contributed by atoms with van der Waals surface area (Å²) in [6.07, 6.45) is -6.07. The van der Waals surface area contributed by atoms with E-state index in [-0.39, 0.29) is 6.61 Å². The van der Waals surface area contributed by atoms with Gasteiger partial charge in [-0.05, 0) is 5.56 Å². The van der Waals surface area contributed by atoms with E-state index in [2.05, 4.69) is 0 Å². The normalized spacial score (nSPS) is 35.3. The summed E-state index contributed by atoms with van der Waals surface area (Å²) in [5.74, 6) is 0. The SMILES string of the molecule is OC[C@H]1OC(O)[C@H](OCc2ccccc2)[C@@H](O)[C@H]1O. The number of hydrogen-bond acceptors (Lipinski definition) is 6. The average Bonchev–Trinajstić information content (AvgIpc) is 2.44. The molecule has 6 nitrogen and oxygen atoms in total. The number of aliphatic hydroxyl groups is 4. The Morgan fingerprint density at radius 2 is 1.74 bits per heavy atom. The molecular weight excluding hydrogens is 252 g/mol. The molecule has 1 aliphatic heterocycles. The van der Waals surface area contributed by atoms with Crippen molar-refractivity contribution >= 4 is 0 Å². The standard InChI is InChI=1S/C13H18O6/c14-6-9-10(15)11(16)12(13(17)19-9)18-7-8-4-2-1-3-5-8/h1-5,9-17H,6-7H2/t9-,10+,11+,12-,13?/m1/s1. The van der Waals surface area contributed by atoms with Gasteiger partial charge in [0.25, 0.3) is 0 Å². The van der Waals surface area contributed by atoms with Gasteiger partial charge in [0.1, 0.15) is 24.4 Å². The second-order valence-electron chi connectivity index (χ2n) is 4.49. The Morgan fingerprint density at radius 1 is 1.05 bits per heavy atom. The van der Waals surface area contributed by atoms with Gasteiger partial charge in [0.05, 0.1) is 13.2 Å². The molecule has 2 rings (SSSR count). The van der Waals surface area contributed by atoms with Crippen LogP contribution in [-0.2, 0) is 16.1 Å².